The lowest BCUT2D eigenvalue weighted by Crippen LogP contribution is -2.25. The maximum absolute atomic E-state index is 13.5. The number of alkyl halides is 3. The van der Waals surface area contributed by atoms with Crippen molar-refractivity contribution in [3.05, 3.63) is 65.3 Å². The fourth-order valence-electron chi connectivity index (χ4n) is 3.62. The summed E-state index contributed by atoms with van der Waals surface area (Å²) in [5.41, 5.74) is 0.341. The van der Waals surface area contributed by atoms with Crippen LogP contribution in [0.25, 0.3) is 5.69 Å². The Balaban J connectivity index is 1.56. The number of ether oxygens (including phenoxy) is 1. The molecule has 2 heterocycles. The molecule has 152 valence electrons. The molecule has 5 nitrogen and oxygen atoms in total. The van der Waals surface area contributed by atoms with Crippen LogP contribution in [0.15, 0.2) is 48.7 Å². The first-order valence-electron chi connectivity index (χ1n) is 9.28. The van der Waals surface area contributed by atoms with Gasteiger partial charge in [-0.25, -0.2) is 4.98 Å². The molecule has 1 saturated carbocycles. The van der Waals surface area contributed by atoms with Gasteiger partial charge in [0.2, 0.25) is 11.7 Å². The number of benzene rings is 1. The van der Waals surface area contributed by atoms with Gasteiger partial charge in [-0.2, -0.15) is 13.2 Å². The van der Waals surface area contributed by atoms with Crippen LogP contribution in [0.5, 0.6) is 5.88 Å². The molecular weight excluding hydrogens is 405 g/mol. The number of aromatic nitrogens is 4. The Morgan fingerprint density at radius 3 is 2.31 bits per heavy atom. The molecule has 29 heavy (non-hydrogen) atoms. The summed E-state index contributed by atoms with van der Waals surface area (Å²) < 4.78 is 47.5. The Kier molecular flexibility index (Phi) is 5.45. The van der Waals surface area contributed by atoms with Gasteiger partial charge in [0.15, 0.2) is 0 Å². The van der Waals surface area contributed by atoms with E-state index >= 15 is 0 Å². The van der Waals surface area contributed by atoms with Gasteiger partial charge in [-0.15, -0.1) is 10.2 Å². The van der Waals surface area contributed by atoms with Crippen molar-refractivity contribution >= 4 is 11.6 Å². The smallest absolute Gasteiger partial charge is 0.452 e. The largest absolute Gasteiger partial charge is 0.474 e. The minimum atomic E-state index is -4.61. The fourth-order valence-corrected chi connectivity index (χ4v) is 3.74. The summed E-state index contributed by atoms with van der Waals surface area (Å²) in [4.78, 5) is 4.16. The van der Waals surface area contributed by atoms with Crippen molar-refractivity contribution in [1.82, 2.24) is 19.7 Å². The number of halogens is 4. The van der Waals surface area contributed by atoms with E-state index in [0.717, 1.165) is 4.57 Å². The number of pyridine rings is 1. The molecule has 1 aromatic carbocycles. The third-order valence-corrected chi connectivity index (χ3v) is 5.24. The van der Waals surface area contributed by atoms with Crippen LogP contribution in [0.2, 0.25) is 5.02 Å². The van der Waals surface area contributed by atoms with Crippen LogP contribution in [0, 0.1) is 0 Å². The molecule has 9 heteroatoms. The molecule has 0 saturated heterocycles. The molecule has 0 amide bonds. The van der Waals surface area contributed by atoms with E-state index in [-0.39, 0.29) is 12.0 Å². The summed E-state index contributed by atoms with van der Waals surface area (Å²) in [5, 5.41) is 7.83. The molecule has 1 aliphatic rings. The van der Waals surface area contributed by atoms with E-state index in [1.807, 2.05) is 12.1 Å². The molecule has 0 radical (unpaired) electrons. The van der Waals surface area contributed by atoms with Crippen LogP contribution in [0.3, 0.4) is 0 Å². The first kappa shape index (κ1) is 19.7. The first-order valence-corrected chi connectivity index (χ1v) is 9.66. The van der Waals surface area contributed by atoms with E-state index in [1.165, 1.54) is 0 Å². The van der Waals surface area contributed by atoms with Crippen LogP contribution in [-0.2, 0) is 6.18 Å². The molecule has 4 rings (SSSR count). The Hall–Kier alpha value is -2.61. The van der Waals surface area contributed by atoms with E-state index in [2.05, 4.69) is 15.2 Å². The molecule has 1 fully saturated rings. The highest BCUT2D eigenvalue weighted by Crippen LogP contribution is 2.38. The van der Waals surface area contributed by atoms with Gasteiger partial charge in [0.05, 0.1) is 0 Å². The van der Waals surface area contributed by atoms with Gasteiger partial charge in [0.25, 0.3) is 0 Å². The molecule has 0 aliphatic heterocycles. The van der Waals surface area contributed by atoms with Gasteiger partial charge >= 0.3 is 6.18 Å². The summed E-state index contributed by atoms with van der Waals surface area (Å²) in [6.45, 7) is 0. The molecule has 1 aliphatic carbocycles. The van der Waals surface area contributed by atoms with Gasteiger partial charge < -0.3 is 4.74 Å². The number of rotatable bonds is 4. The van der Waals surface area contributed by atoms with Gasteiger partial charge in [-0.05, 0) is 56.0 Å². The lowest BCUT2D eigenvalue weighted by atomic mass is 9.86. The third kappa shape index (κ3) is 4.37. The maximum Gasteiger partial charge on any atom is 0.452 e. The fraction of sp³-hybridized carbons (Fsp3) is 0.350. The predicted molar refractivity (Wildman–Crippen MR) is 101 cm³/mol. The van der Waals surface area contributed by atoms with Crippen LogP contribution in [-0.4, -0.2) is 25.9 Å². The molecule has 2 aromatic heterocycles. The van der Waals surface area contributed by atoms with Crippen molar-refractivity contribution in [3.8, 4) is 11.6 Å². The second kappa shape index (κ2) is 8.02. The summed E-state index contributed by atoms with van der Waals surface area (Å²) in [6.07, 6.45) is -0.248. The Morgan fingerprint density at radius 1 is 0.966 bits per heavy atom. The second-order valence-electron chi connectivity index (χ2n) is 6.95. The summed E-state index contributed by atoms with van der Waals surface area (Å²) in [6, 6.07) is 11.6. The van der Waals surface area contributed by atoms with Crippen LogP contribution in [0.4, 0.5) is 13.2 Å². The van der Waals surface area contributed by atoms with Gasteiger partial charge in [0.1, 0.15) is 11.9 Å². The monoisotopic (exact) mass is 422 g/mol. The zero-order valence-corrected chi connectivity index (χ0v) is 16.1. The van der Waals surface area contributed by atoms with Crippen molar-refractivity contribution in [2.24, 2.45) is 0 Å². The highest BCUT2D eigenvalue weighted by Gasteiger charge is 2.40. The second-order valence-corrected chi connectivity index (χ2v) is 7.39. The number of hydrogen-bond acceptors (Lipinski definition) is 4. The first-order chi connectivity index (χ1) is 13.9. The minimum Gasteiger partial charge on any atom is -0.474 e. The number of hydrogen-bond donors (Lipinski definition) is 0. The standard InChI is InChI=1S/C20H18ClF3N4O/c21-14-6-8-15(9-7-14)28-18(26-27-19(28)20(22,23)24)13-4-10-16(11-5-13)29-17-3-1-2-12-25-17/h1-3,6-9,12-13,16H,4-5,10-11H2. The quantitative estimate of drug-likeness (QED) is 0.561. The SMILES string of the molecule is FC(F)(F)c1nnc(C2CCC(Oc3ccccn3)CC2)n1-c1ccc(Cl)cc1. The van der Waals surface area contributed by atoms with Crippen molar-refractivity contribution in [2.45, 2.75) is 43.9 Å². The molecule has 0 unspecified atom stereocenters. The molecule has 0 bridgehead atoms. The van der Waals surface area contributed by atoms with Crippen molar-refractivity contribution in [3.63, 3.8) is 0 Å². The third-order valence-electron chi connectivity index (χ3n) is 4.99. The van der Waals surface area contributed by atoms with Gasteiger partial charge in [0, 0.05) is 28.9 Å². The summed E-state index contributed by atoms with van der Waals surface area (Å²) in [7, 11) is 0. The van der Waals surface area contributed by atoms with Crippen molar-refractivity contribution in [1.29, 1.82) is 0 Å². The van der Waals surface area contributed by atoms with Crippen LogP contribution >= 0.6 is 11.6 Å². The molecule has 3 aromatic rings. The molecule has 0 spiro atoms. The molecule has 0 N–H and O–H groups in total. The zero-order chi connectivity index (χ0) is 20.4. The Labute approximate surface area is 170 Å². The summed E-state index contributed by atoms with van der Waals surface area (Å²) >= 11 is 5.89. The minimum absolute atomic E-state index is 0.0184. The molecular formula is C20H18ClF3N4O. The lowest BCUT2D eigenvalue weighted by Gasteiger charge is -2.28. The van der Waals surface area contributed by atoms with Gasteiger partial charge in [-0.1, -0.05) is 17.7 Å². The highest BCUT2D eigenvalue weighted by atomic mass is 35.5. The normalized spacial score (nSPS) is 19.9. The van der Waals surface area contributed by atoms with E-state index < -0.39 is 12.0 Å². The lowest BCUT2D eigenvalue weighted by molar-refractivity contribution is -0.146. The maximum atomic E-state index is 13.5. The topological polar surface area (TPSA) is 52.8 Å². The Morgan fingerprint density at radius 2 is 1.69 bits per heavy atom. The Bertz CT molecular complexity index is 952. The van der Waals surface area contributed by atoms with Crippen LogP contribution < -0.4 is 4.74 Å². The zero-order valence-electron chi connectivity index (χ0n) is 15.3. The summed E-state index contributed by atoms with van der Waals surface area (Å²) in [5.74, 6) is -0.296. The van der Waals surface area contributed by atoms with Crippen molar-refractivity contribution in [2.75, 3.05) is 0 Å². The van der Waals surface area contributed by atoms with E-state index in [1.54, 1.807) is 36.5 Å². The predicted octanol–water partition coefficient (Wildman–Crippen LogP) is 5.44. The van der Waals surface area contributed by atoms with E-state index in [9.17, 15) is 13.2 Å². The van der Waals surface area contributed by atoms with Gasteiger partial charge in [-0.3, -0.25) is 4.57 Å². The van der Waals surface area contributed by atoms with E-state index in [4.69, 9.17) is 16.3 Å². The van der Waals surface area contributed by atoms with Crippen LogP contribution in [0.1, 0.15) is 43.3 Å². The van der Waals surface area contributed by atoms with E-state index in [0.29, 0.717) is 48.1 Å². The number of nitrogens with zero attached hydrogens (tertiary/aromatic N) is 4. The highest BCUT2D eigenvalue weighted by molar-refractivity contribution is 6.30. The van der Waals surface area contributed by atoms with Crippen molar-refractivity contribution < 1.29 is 17.9 Å². The average Bonchev–Trinajstić information content (AvgIpc) is 3.16. The molecule has 0 atom stereocenters. The average molecular weight is 423 g/mol.